The second-order valence-corrected chi connectivity index (χ2v) is 10.2. The van der Waals surface area contributed by atoms with E-state index >= 15 is 0 Å². The van der Waals surface area contributed by atoms with Gasteiger partial charge in [-0.25, -0.2) is 4.98 Å². The molecule has 0 atom stereocenters. The molecule has 0 spiro atoms. The van der Waals surface area contributed by atoms with Gasteiger partial charge in [0.05, 0.1) is 36.1 Å². The lowest BCUT2D eigenvalue weighted by atomic mass is 9.78. The third-order valence-electron chi connectivity index (χ3n) is 6.24. The molecule has 1 aliphatic heterocycles. The summed E-state index contributed by atoms with van der Waals surface area (Å²) in [5, 5.41) is 6.70. The number of ether oxygens (including phenoxy) is 1. The lowest BCUT2D eigenvalue weighted by Crippen LogP contribution is -2.41. The minimum absolute atomic E-state index is 0.162. The van der Waals surface area contributed by atoms with Gasteiger partial charge in [0, 0.05) is 5.38 Å². The average molecular weight is 491 g/mol. The molecule has 1 saturated heterocycles. The van der Waals surface area contributed by atoms with Gasteiger partial charge in [-0.2, -0.15) is 5.10 Å². The Kier molecular flexibility index (Phi) is 7.40. The van der Waals surface area contributed by atoms with Crippen molar-refractivity contribution >= 4 is 41.2 Å². The maximum Gasteiger partial charge on any atom is 0.494 e. The first kappa shape index (κ1) is 25.1. The molecule has 1 aromatic heterocycles. The average Bonchev–Trinajstić information content (AvgIpc) is 3.34. The highest BCUT2D eigenvalue weighted by Crippen LogP contribution is 2.36. The third kappa shape index (κ3) is 5.98. The third-order valence-corrected chi connectivity index (χ3v) is 7.03. The van der Waals surface area contributed by atoms with Crippen LogP contribution in [0, 0.1) is 0 Å². The fraction of sp³-hybridized carbons (Fsp3) is 0.346. The predicted octanol–water partition coefficient (Wildman–Crippen LogP) is 4.66. The van der Waals surface area contributed by atoms with Gasteiger partial charge in [-0.15, -0.1) is 11.3 Å². The van der Waals surface area contributed by atoms with E-state index in [9.17, 15) is 4.79 Å². The number of benzene rings is 2. The molecule has 3 aromatic rings. The summed E-state index contributed by atoms with van der Waals surface area (Å²) in [7, 11) is -0.362. The summed E-state index contributed by atoms with van der Waals surface area (Å²) >= 11 is 1.39. The Bertz CT molecular complexity index is 1170. The van der Waals surface area contributed by atoms with Gasteiger partial charge in [0.1, 0.15) is 0 Å². The van der Waals surface area contributed by atoms with E-state index in [2.05, 4.69) is 79.6 Å². The Morgan fingerprint density at radius 1 is 1.06 bits per heavy atom. The quantitative estimate of drug-likeness (QED) is 0.214. The number of carbonyl (C=O) groups excluding carboxylic acids is 1. The number of esters is 1. The van der Waals surface area contributed by atoms with Crippen molar-refractivity contribution in [2.75, 3.05) is 12.0 Å². The molecule has 1 aliphatic rings. The van der Waals surface area contributed by atoms with Crippen LogP contribution >= 0.6 is 11.3 Å². The molecule has 0 aliphatic carbocycles. The van der Waals surface area contributed by atoms with E-state index in [1.165, 1.54) is 11.3 Å². The molecule has 9 heteroatoms. The standard InChI is InChI=1S/C26H30BN3O4S/c1-6-32-23(31)15-22-17-35-24(29-22)30-28-16-18-7-9-19(10-8-18)20-11-13-21(14-12-20)27-33-25(2,3)26(4,5)34-27/h7-14,16-17H,6,15H2,1-5H3,(H,29,30). The van der Waals surface area contributed by atoms with Crippen LogP contribution in [-0.4, -0.2) is 42.1 Å². The highest BCUT2D eigenvalue weighted by Gasteiger charge is 2.51. The van der Waals surface area contributed by atoms with Crippen LogP contribution in [0.15, 0.2) is 59.0 Å². The Balaban J connectivity index is 1.33. The Morgan fingerprint density at radius 3 is 2.26 bits per heavy atom. The topological polar surface area (TPSA) is 82.0 Å². The first-order valence-electron chi connectivity index (χ1n) is 11.6. The summed E-state index contributed by atoms with van der Waals surface area (Å²) in [6, 6.07) is 16.4. The van der Waals surface area contributed by atoms with E-state index in [1.54, 1.807) is 13.1 Å². The molecule has 182 valence electrons. The normalized spacial score (nSPS) is 16.5. The fourth-order valence-corrected chi connectivity index (χ4v) is 4.19. The first-order valence-corrected chi connectivity index (χ1v) is 12.5. The largest absolute Gasteiger partial charge is 0.494 e. The van der Waals surface area contributed by atoms with E-state index in [1.807, 2.05) is 17.5 Å². The van der Waals surface area contributed by atoms with E-state index in [-0.39, 0.29) is 30.7 Å². The SMILES string of the molecule is CCOC(=O)Cc1csc(NN=Cc2ccc(-c3ccc(B4OC(C)(C)C(C)(C)O4)cc3)cc2)n1. The number of thiazole rings is 1. The lowest BCUT2D eigenvalue weighted by molar-refractivity contribution is -0.142. The number of anilines is 1. The summed E-state index contributed by atoms with van der Waals surface area (Å²) in [4.78, 5) is 15.9. The van der Waals surface area contributed by atoms with Crippen LogP contribution in [0.1, 0.15) is 45.9 Å². The minimum atomic E-state index is -0.362. The zero-order valence-corrected chi connectivity index (χ0v) is 21.5. The van der Waals surface area contributed by atoms with Gasteiger partial charge in [0.25, 0.3) is 0 Å². The fourth-order valence-electron chi connectivity index (χ4n) is 3.53. The smallest absolute Gasteiger partial charge is 0.466 e. The molecular weight excluding hydrogens is 461 g/mol. The Labute approximate surface area is 210 Å². The van der Waals surface area contributed by atoms with Crippen molar-refractivity contribution in [1.82, 2.24) is 4.98 Å². The van der Waals surface area contributed by atoms with Gasteiger partial charge >= 0.3 is 13.1 Å². The molecule has 2 heterocycles. The monoisotopic (exact) mass is 491 g/mol. The molecule has 4 rings (SSSR count). The van der Waals surface area contributed by atoms with Crippen molar-refractivity contribution < 1.29 is 18.8 Å². The molecule has 35 heavy (non-hydrogen) atoms. The van der Waals surface area contributed by atoms with Crippen molar-refractivity contribution in [1.29, 1.82) is 0 Å². The molecule has 0 bridgehead atoms. The molecule has 0 saturated carbocycles. The van der Waals surface area contributed by atoms with Crippen LogP contribution in [-0.2, 0) is 25.3 Å². The van der Waals surface area contributed by atoms with E-state index in [0.717, 1.165) is 22.2 Å². The molecule has 1 fully saturated rings. The van der Waals surface area contributed by atoms with Crippen molar-refractivity contribution in [2.45, 2.75) is 52.2 Å². The summed E-state index contributed by atoms with van der Waals surface area (Å²) in [5.74, 6) is -0.282. The molecule has 1 N–H and O–H groups in total. The summed E-state index contributed by atoms with van der Waals surface area (Å²) in [6.45, 7) is 10.4. The van der Waals surface area contributed by atoms with Gasteiger partial charge < -0.3 is 14.0 Å². The maximum absolute atomic E-state index is 11.6. The van der Waals surface area contributed by atoms with Crippen LogP contribution in [0.25, 0.3) is 11.1 Å². The van der Waals surface area contributed by atoms with E-state index < -0.39 is 0 Å². The molecule has 0 amide bonds. The number of nitrogens with one attached hydrogen (secondary N) is 1. The van der Waals surface area contributed by atoms with E-state index in [0.29, 0.717) is 17.4 Å². The number of nitrogens with zero attached hydrogens (tertiary/aromatic N) is 2. The molecular formula is C26H30BN3O4S. The van der Waals surface area contributed by atoms with Crippen LogP contribution in [0.2, 0.25) is 0 Å². The van der Waals surface area contributed by atoms with Crippen molar-refractivity contribution in [2.24, 2.45) is 5.10 Å². The van der Waals surface area contributed by atoms with Crippen molar-refractivity contribution in [3.8, 4) is 11.1 Å². The van der Waals surface area contributed by atoms with Crippen LogP contribution < -0.4 is 10.9 Å². The van der Waals surface area contributed by atoms with Crippen LogP contribution in [0.4, 0.5) is 5.13 Å². The lowest BCUT2D eigenvalue weighted by Gasteiger charge is -2.32. The number of hydrogen-bond donors (Lipinski definition) is 1. The first-order chi connectivity index (χ1) is 16.7. The predicted molar refractivity (Wildman–Crippen MR) is 141 cm³/mol. The van der Waals surface area contributed by atoms with E-state index in [4.69, 9.17) is 14.0 Å². The number of hydrazone groups is 1. The van der Waals surface area contributed by atoms with Gasteiger partial charge in [0.2, 0.25) is 5.13 Å². The zero-order chi connectivity index (χ0) is 25.1. The number of carbonyl (C=O) groups is 1. The van der Waals surface area contributed by atoms with Crippen molar-refractivity contribution in [3.05, 3.63) is 65.2 Å². The maximum atomic E-state index is 11.6. The van der Waals surface area contributed by atoms with Gasteiger partial charge in [0.15, 0.2) is 0 Å². The summed E-state index contributed by atoms with van der Waals surface area (Å²) in [6.07, 6.45) is 1.90. The zero-order valence-electron chi connectivity index (χ0n) is 20.7. The Morgan fingerprint density at radius 2 is 1.66 bits per heavy atom. The van der Waals surface area contributed by atoms with Crippen molar-refractivity contribution in [3.63, 3.8) is 0 Å². The van der Waals surface area contributed by atoms with Crippen LogP contribution in [0.3, 0.4) is 0 Å². The highest BCUT2D eigenvalue weighted by atomic mass is 32.1. The summed E-state index contributed by atoms with van der Waals surface area (Å²) < 4.78 is 17.2. The number of rotatable bonds is 8. The molecule has 0 unspecified atom stereocenters. The Hall–Kier alpha value is -3.01. The number of aromatic nitrogens is 1. The highest BCUT2D eigenvalue weighted by molar-refractivity contribution is 7.13. The van der Waals surface area contributed by atoms with Gasteiger partial charge in [-0.05, 0) is 56.8 Å². The summed E-state index contributed by atoms with van der Waals surface area (Å²) in [5.41, 5.74) is 7.06. The number of hydrogen-bond acceptors (Lipinski definition) is 8. The molecule has 2 aromatic carbocycles. The van der Waals surface area contributed by atoms with Gasteiger partial charge in [-0.3, -0.25) is 10.2 Å². The second kappa shape index (κ2) is 10.3. The molecule has 7 nitrogen and oxygen atoms in total. The second-order valence-electron chi connectivity index (χ2n) is 9.33. The van der Waals surface area contributed by atoms with Crippen LogP contribution in [0.5, 0.6) is 0 Å². The van der Waals surface area contributed by atoms with Gasteiger partial charge in [-0.1, -0.05) is 48.5 Å². The minimum Gasteiger partial charge on any atom is -0.466 e. The molecule has 0 radical (unpaired) electrons.